The molecule has 1 atom stereocenters. The molecule has 1 unspecified atom stereocenters. The molecule has 76 valence electrons. The second kappa shape index (κ2) is 3.88. The fourth-order valence-corrected chi connectivity index (χ4v) is 2.70. The number of aliphatic carboxylic acids is 1. The molecule has 0 aromatic heterocycles. The topological polar surface area (TPSA) is 40.5 Å². The Morgan fingerprint density at radius 2 is 2.23 bits per heavy atom. The van der Waals surface area contributed by atoms with Crippen molar-refractivity contribution in [2.24, 2.45) is 0 Å². The Kier molecular flexibility index (Phi) is 3.24. The van der Waals surface area contributed by atoms with Gasteiger partial charge in [-0.15, -0.1) is 0 Å². The van der Waals surface area contributed by atoms with Crippen molar-refractivity contribution >= 4 is 17.7 Å². The number of carboxylic acid groups (broad SMARTS) is 1. The quantitative estimate of drug-likeness (QED) is 0.750. The fraction of sp³-hybridized carbons (Fsp3) is 0.889. The molecular weight excluding hydrogens is 186 g/mol. The van der Waals surface area contributed by atoms with Crippen molar-refractivity contribution in [3.05, 3.63) is 0 Å². The predicted octanol–water partition coefficient (Wildman–Crippen LogP) is 1.29. The molecule has 1 saturated heterocycles. The van der Waals surface area contributed by atoms with Gasteiger partial charge in [0.2, 0.25) is 0 Å². The smallest absolute Gasteiger partial charge is 0.323 e. The molecule has 1 N–H and O–H groups in total. The first-order chi connectivity index (χ1) is 5.96. The number of carbonyl (C=O) groups is 1. The summed E-state index contributed by atoms with van der Waals surface area (Å²) in [6.45, 7) is 3.52. The van der Waals surface area contributed by atoms with E-state index in [0.717, 1.165) is 17.9 Å². The summed E-state index contributed by atoms with van der Waals surface area (Å²) < 4.78 is 0. The maximum Gasteiger partial charge on any atom is 0.323 e. The Bertz CT molecular complexity index is 200. The SMILES string of the molecule is CN(C1CCSC1)C(C)(C)C(=O)O. The maximum atomic E-state index is 11.0. The molecule has 1 heterocycles. The molecule has 0 bridgehead atoms. The summed E-state index contributed by atoms with van der Waals surface area (Å²) in [5, 5.41) is 9.02. The molecule has 4 heteroatoms. The molecule has 1 aliphatic heterocycles. The van der Waals surface area contributed by atoms with Gasteiger partial charge in [0.25, 0.3) is 0 Å². The summed E-state index contributed by atoms with van der Waals surface area (Å²) in [7, 11) is 1.91. The second-order valence-corrected chi connectivity index (χ2v) is 5.14. The number of thioether (sulfide) groups is 1. The molecule has 0 amide bonds. The van der Waals surface area contributed by atoms with E-state index in [9.17, 15) is 4.79 Å². The van der Waals surface area contributed by atoms with E-state index in [1.807, 2.05) is 23.7 Å². The minimum absolute atomic E-state index is 0.427. The summed E-state index contributed by atoms with van der Waals surface area (Å²) in [4.78, 5) is 13.0. The standard InChI is InChI=1S/C9H17NO2S/c1-9(2,8(11)12)10(3)7-4-5-13-6-7/h7H,4-6H2,1-3H3,(H,11,12). The highest BCUT2D eigenvalue weighted by atomic mass is 32.2. The Labute approximate surface area is 83.5 Å². The number of carboxylic acids is 1. The van der Waals surface area contributed by atoms with Crippen molar-refractivity contribution in [3.63, 3.8) is 0 Å². The van der Waals surface area contributed by atoms with Gasteiger partial charge in [0.1, 0.15) is 5.54 Å². The van der Waals surface area contributed by atoms with Crippen LogP contribution in [0.5, 0.6) is 0 Å². The van der Waals surface area contributed by atoms with Crippen LogP contribution in [0.15, 0.2) is 0 Å². The summed E-state index contributed by atoms with van der Waals surface area (Å²) in [5.74, 6) is 1.48. The zero-order valence-electron chi connectivity index (χ0n) is 8.41. The van der Waals surface area contributed by atoms with Crippen LogP contribution in [0, 0.1) is 0 Å². The Balaban J connectivity index is 2.64. The molecule has 13 heavy (non-hydrogen) atoms. The van der Waals surface area contributed by atoms with Crippen molar-refractivity contribution in [2.75, 3.05) is 18.6 Å². The lowest BCUT2D eigenvalue weighted by Crippen LogP contribution is -2.52. The van der Waals surface area contributed by atoms with Gasteiger partial charge >= 0.3 is 5.97 Å². The Morgan fingerprint density at radius 3 is 2.62 bits per heavy atom. The predicted molar refractivity (Wildman–Crippen MR) is 55.2 cm³/mol. The molecule has 1 rings (SSSR count). The summed E-state index contributed by atoms with van der Waals surface area (Å²) in [6.07, 6.45) is 1.11. The van der Waals surface area contributed by atoms with Crippen LogP contribution in [-0.4, -0.2) is 46.1 Å². The van der Waals surface area contributed by atoms with Crippen LogP contribution in [0.1, 0.15) is 20.3 Å². The van der Waals surface area contributed by atoms with Gasteiger partial charge < -0.3 is 5.11 Å². The van der Waals surface area contributed by atoms with Gasteiger partial charge in [0, 0.05) is 11.8 Å². The van der Waals surface area contributed by atoms with E-state index >= 15 is 0 Å². The molecule has 0 saturated carbocycles. The zero-order chi connectivity index (χ0) is 10.1. The van der Waals surface area contributed by atoms with E-state index in [4.69, 9.17) is 5.11 Å². The van der Waals surface area contributed by atoms with Gasteiger partial charge in [0.05, 0.1) is 0 Å². The summed E-state index contributed by atoms with van der Waals surface area (Å²) in [6, 6.07) is 0.427. The molecule has 0 aliphatic carbocycles. The Morgan fingerprint density at radius 1 is 1.62 bits per heavy atom. The first kappa shape index (κ1) is 10.9. The van der Waals surface area contributed by atoms with Crippen molar-refractivity contribution < 1.29 is 9.90 Å². The largest absolute Gasteiger partial charge is 0.480 e. The zero-order valence-corrected chi connectivity index (χ0v) is 9.23. The third kappa shape index (κ3) is 2.17. The van der Waals surface area contributed by atoms with Crippen molar-refractivity contribution in [1.82, 2.24) is 4.90 Å². The lowest BCUT2D eigenvalue weighted by Gasteiger charge is -2.35. The van der Waals surface area contributed by atoms with Gasteiger partial charge in [-0.1, -0.05) is 0 Å². The highest BCUT2D eigenvalue weighted by Gasteiger charge is 2.37. The van der Waals surface area contributed by atoms with Crippen LogP contribution in [0.2, 0.25) is 0 Å². The molecule has 0 aromatic rings. The molecular formula is C9H17NO2S. The lowest BCUT2D eigenvalue weighted by atomic mass is 10.0. The normalized spacial score (nSPS) is 23.8. The minimum atomic E-state index is -0.744. The third-order valence-electron chi connectivity index (χ3n) is 2.86. The van der Waals surface area contributed by atoms with Gasteiger partial charge in [-0.3, -0.25) is 9.69 Å². The maximum absolute atomic E-state index is 11.0. The average molecular weight is 203 g/mol. The molecule has 1 aliphatic rings. The summed E-state index contributed by atoms with van der Waals surface area (Å²) in [5.41, 5.74) is -0.741. The van der Waals surface area contributed by atoms with Crippen molar-refractivity contribution in [2.45, 2.75) is 31.8 Å². The monoisotopic (exact) mass is 203 g/mol. The van der Waals surface area contributed by atoms with Gasteiger partial charge in [-0.2, -0.15) is 11.8 Å². The van der Waals surface area contributed by atoms with Gasteiger partial charge in [-0.25, -0.2) is 0 Å². The first-order valence-corrected chi connectivity index (χ1v) is 5.66. The average Bonchev–Trinajstić information content (AvgIpc) is 2.54. The van der Waals surface area contributed by atoms with E-state index in [1.165, 1.54) is 0 Å². The van der Waals surface area contributed by atoms with E-state index in [-0.39, 0.29) is 0 Å². The van der Waals surface area contributed by atoms with Crippen LogP contribution >= 0.6 is 11.8 Å². The second-order valence-electron chi connectivity index (χ2n) is 3.99. The Hall–Kier alpha value is -0.220. The van der Waals surface area contributed by atoms with Gasteiger partial charge in [0.15, 0.2) is 0 Å². The van der Waals surface area contributed by atoms with Crippen LogP contribution in [0.4, 0.5) is 0 Å². The molecule has 0 spiro atoms. The number of likely N-dealkylation sites (N-methyl/N-ethyl adjacent to an activating group) is 1. The molecule has 0 aromatic carbocycles. The number of hydrogen-bond acceptors (Lipinski definition) is 3. The highest BCUT2D eigenvalue weighted by Crippen LogP contribution is 2.26. The van der Waals surface area contributed by atoms with Crippen LogP contribution in [0.3, 0.4) is 0 Å². The molecule has 1 fully saturated rings. The lowest BCUT2D eigenvalue weighted by molar-refractivity contribution is -0.149. The molecule has 3 nitrogen and oxygen atoms in total. The van der Waals surface area contributed by atoms with Crippen molar-refractivity contribution in [1.29, 1.82) is 0 Å². The minimum Gasteiger partial charge on any atom is -0.480 e. The van der Waals surface area contributed by atoms with Crippen LogP contribution in [0.25, 0.3) is 0 Å². The van der Waals surface area contributed by atoms with E-state index < -0.39 is 11.5 Å². The van der Waals surface area contributed by atoms with E-state index in [0.29, 0.717) is 6.04 Å². The number of nitrogens with zero attached hydrogens (tertiary/aromatic N) is 1. The third-order valence-corrected chi connectivity index (χ3v) is 4.00. The van der Waals surface area contributed by atoms with Crippen LogP contribution in [-0.2, 0) is 4.79 Å². The van der Waals surface area contributed by atoms with E-state index in [1.54, 1.807) is 13.8 Å². The molecule has 0 radical (unpaired) electrons. The van der Waals surface area contributed by atoms with Crippen LogP contribution < -0.4 is 0 Å². The summed E-state index contributed by atoms with van der Waals surface area (Å²) >= 11 is 1.90. The highest BCUT2D eigenvalue weighted by molar-refractivity contribution is 7.99. The number of hydrogen-bond donors (Lipinski definition) is 1. The first-order valence-electron chi connectivity index (χ1n) is 4.50. The fourth-order valence-electron chi connectivity index (χ4n) is 1.43. The van der Waals surface area contributed by atoms with Crippen molar-refractivity contribution in [3.8, 4) is 0 Å². The number of rotatable bonds is 3. The van der Waals surface area contributed by atoms with E-state index in [2.05, 4.69) is 0 Å². The van der Waals surface area contributed by atoms with Gasteiger partial charge in [-0.05, 0) is 33.1 Å².